The van der Waals surface area contributed by atoms with Crippen LogP contribution in [0.1, 0.15) is 27.0 Å². The van der Waals surface area contributed by atoms with Gasteiger partial charge in [0, 0.05) is 29.2 Å². The predicted molar refractivity (Wildman–Crippen MR) is 142 cm³/mol. The predicted octanol–water partition coefficient (Wildman–Crippen LogP) is -0.277. The van der Waals surface area contributed by atoms with Crippen molar-refractivity contribution in [1.82, 2.24) is 14.5 Å². The Labute approximate surface area is 237 Å². The standard InChI is InChI=1S/C22H11B7ClF2N3O4/c23-20(24)17(38)35(29)18(39)21(25,22(20,26)27)33-9-11-7-10(1-6-14(11)15(33)36)8-34(28)16(37)19(31,32)12-2-4-13(30)5-3-12/h1-7H,8-9H2. The van der Waals surface area contributed by atoms with E-state index in [4.69, 9.17) is 66.8 Å². The first-order valence-electron chi connectivity index (χ1n) is 11.1. The van der Waals surface area contributed by atoms with Gasteiger partial charge in [-0.15, -0.1) is 0 Å². The highest BCUT2D eigenvalue weighted by Gasteiger charge is 2.64. The van der Waals surface area contributed by atoms with Crippen LogP contribution in [-0.2, 0) is 33.4 Å². The second-order valence-corrected chi connectivity index (χ2v) is 9.82. The van der Waals surface area contributed by atoms with Gasteiger partial charge in [-0.2, -0.15) is 8.78 Å². The molecule has 14 radical (unpaired) electrons. The van der Waals surface area contributed by atoms with E-state index < -0.39 is 64.1 Å². The van der Waals surface area contributed by atoms with Gasteiger partial charge in [0.05, 0.1) is 36.8 Å². The van der Waals surface area contributed by atoms with E-state index in [0.29, 0.717) is 4.81 Å². The molecule has 39 heavy (non-hydrogen) atoms. The number of rotatable bonds is 5. The number of alkyl halides is 2. The van der Waals surface area contributed by atoms with Crippen LogP contribution in [-0.4, -0.2) is 98.8 Å². The molecular weight excluding hydrogens is 519 g/mol. The average Bonchev–Trinajstić information content (AvgIpc) is 3.21. The Balaban J connectivity index is 1.60. The molecule has 1 atom stereocenters. The van der Waals surface area contributed by atoms with Crippen molar-refractivity contribution in [3.8, 4) is 0 Å². The summed E-state index contributed by atoms with van der Waals surface area (Å²) >= 11 is 5.72. The molecule has 7 nitrogen and oxygen atoms in total. The number of imide groups is 1. The topological polar surface area (TPSA) is 78.0 Å². The minimum atomic E-state index is -3.95. The number of amides is 4. The van der Waals surface area contributed by atoms with E-state index in [0.717, 1.165) is 17.0 Å². The maximum Gasteiger partial charge on any atom is 0.348 e. The summed E-state index contributed by atoms with van der Waals surface area (Å²) in [5.41, 5.74) is -2.75. The van der Waals surface area contributed by atoms with Crippen LogP contribution in [0.2, 0.25) is 15.5 Å². The third-order valence-corrected chi connectivity index (χ3v) is 7.17. The van der Waals surface area contributed by atoms with Crippen LogP contribution < -0.4 is 0 Å². The largest absolute Gasteiger partial charge is 0.387 e. The maximum absolute atomic E-state index is 14.7. The number of fused-ring (bicyclic) bond motifs is 1. The molecule has 2 heterocycles. The normalized spacial score (nSPS) is 22.1. The molecular formula is C22H11B7ClF2N3O4. The second kappa shape index (κ2) is 9.35. The fourth-order valence-electron chi connectivity index (χ4n) is 4.47. The number of carbonyl (C=O) groups is 4. The molecule has 2 aromatic carbocycles. The zero-order chi connectivity index (χ0) is 29.3. The van der Waals surface area contributed by atoms with Gasteiger partial charge in [0.25, 0.3) is 11.8 Å². The Bertz CT molecular complexity index is 1410. The molecule has 0 spiro atoms. The van der Waals surface area contributed by atoms with Gasteiger partial charge in [0.1, 0.15) is 7.85 Å². The van der Waals surface area contributed by atoms with Gasteiger partial charge >= 0.3 is 5.92 Å². The molecule has 4 rings (SSSR count). The van der Waals surface area contributed by atoms with Crippen LogP contribution in [0, 0.1) is 0 Å². The first-order valence-corrected chi connectivity index (χ1v) is 11.5. The van der Waals surface area contributed by atoms with Gasteiger partial charge in [-0.3, -0.25) is 19.2 Å². The molecule has 0 saturated carbocycles. The highest BCUT2D eigenvalue weighted by Crippen LogP contribution is 2.56. The summed E-state index contributed by atoms with van der Waals surface area (Å²) in [7, 11) is 41.1. The maximum atomic E-state index is 14.7. The van der Waals surface area contributed by atoms with Crippen molar-refractivity contribution >= 4 is 90.4 Å². The smallest absolute Gasteiger partial charge is 0.348 e. The van der Waals surface area contributed by atoms with E-state index in [-0.39, 0.29) is 26.5 Å². The summed E-state index contributed by atoms with van der Waals surface area (Å²) in [4.78, 5) is 52.2. The molecule has 180 valence electrons. The third kappa shape index (κ3) is 4.17. The molecule has 4 amide bonds. The number of nitrogens with zero attached hydrogens (tertiary/aromatic N) is 3. The number of hydrogen-bond donors (Lipinski definition) is 0. The highest BCUT2D eigenvalue weighted by atomic mass is 35.5. The molecule has 0 aliphatic carbocycles. The van der Waals surface area contributed by atoms with Crippen molar-refractivity contribution in [2.45, 2.75) is 34.9 Å². The summed E-state index contributed by atoms with van der Waals surface area (Å²) < 4.78 is 29.5. The Kier molecular flexibility index (Phi) is 6.98. The minimum absolute atomic E-state index is 0.0358. The lowest BCUT2D eigenvalue weighted by Crippen LogP contribution is -2.75. The van der Waals surface area contributed by atoms with Gasteiger partial charge in [-0.1, -0.05) is 41.1 Å². The number of benzene rings is 2. The molecule has 1 saturated heterocycles. The summed E-state index contributed by atoms with van der Waals surface area (Å²) in [6.07, 6.45) is 0. The van der Waals surface area contributed by atoms with Gasteiger partial charge in [-0.25, -0.2) is 0 Å². The Morgan fingerprint density at radius 1 is 1.00 bits per heavy atom. The lowest BCUT2D eigenvalue weighted by Gasteiger charge is -2.62. The highest BCUT2D eigenvalue weighted by molar-refractivity contribution is 6.68. The van der Waals surface area contributed by atoms with E-state index in [1.54, 1.807) is 0 Å². The summed E-state index contributed by atoms with van der Waals surface area (Å²) in [6, 6.07) is 8.46. The Morgan fingerprint density at radius 2 is 1.59 bits per heavy atom. The quantitative estimate of drug-likeness (QED) is 0.394. The first-order chi connectivity index (χ1) is 17.9. The second-order valence-electron chi connectivity index (χ2n) is 9.38. The molecule has 0 bridgehead atoms. The van der Waals surface area contributed by atoms with Gasteiger partial charge in [0.2, 0.25) is 27.8 Å². The molecule has 2 aliphatic heterocycles. The Morgan fingerprint density at radius 3 is 2.18 bits per heavy atom. The van der Waals surface area contributed by atoms with E-state index in [1.165, 1.54) is 30.3 Å². The number of carbonyl (C=O) groups excluding carboxylic acids is 4. The van der Waals surface area contributed by atoms with Gasteiger partial charge in [0.15, 0.2) is 0 Å². The van der Waals surface area contributed by atoms with Crippen molar-refractivity contribution in [2.24, 2.45) is 0 Å². The summed E-state index contributed by atoms with van der Waals surface area (Å²) in [5.74, 6) is -9.14. The molecule has 17 heteroatoms. The number of hydrogen-bond acceptors (Lipinski definition) is 4. The molecule has 1 fully saturated rings. The summed E-state index contributed by atoms with van der Waals surface area (Å²) in [6.45, 7) is -0.869. The van der Waals surface area contributed by atoms with Gasteiger partial charge < -0.3 is 14.5 Å². The van der Waals surface area contributed by atoms with Crippen molar-refractivity contribution in [3.63, 3.8) is 0 Å². The van der Waals surface area contributed by atoms with Crippen molar-refractivity contribution in [2.75, 3.05) is 0 Å². The van der Waals surface area contributed by atoms with Gasteiger partial charge in [-0.05, 0) is 34.5 Å². The number of piperidine rings is 1. The zero-order valence-electron chi connectivity index (χ0n) is 20.1. The van der Waals surface area contributed by atoms with Crippen LogP contribution in [0.5, 0.6) is 0 Å². The van der Waals surface area contributed by atoms with Crippen molar-refractivity contribution < 1.29 is 28.0 Å². The van der Waals surface area contributed by atoms with Crippen LogP contribution >= 0.6 is 11.6 Å². The molecule has 1 unspecified atom stereocenters. The van der Waals surface area contributed by atoms with E-state index in [1.807, 2.05) is 0 Å². The van der Waals surface area contributed by atoms with Crippen LogP contribution in [0.15, 0.2) is 42.5 Å². The first kappa shape index (κ1) is 29.1. The monoisotopic (exact) mass is 531 g/mol. The lowest BCUT2D eigenvalue weighted by atomic mass is 9.21. The minimum Gasteiger partial charge on any atom is -0.387 e. The van der Waals surface area contributed by atoms with E-state index >= 15 is 0 Å². The third-order valence-electron chi connectivity index (χ3n) is 6.92. The number of halogens is 3. The molecule has 2 aromatic rings. The van der Waals surface area contributed by atoms with E-state index in [2.05, 4.69) is 0 Å². The average molecular weight is 530 g/mol. The fraction of sp³-hybridized carbons (Fsp3) is 0.273. The molecule has 0 aromatic heterocycles. The SMILES string of the molecule is [B]N(Cc1ccc2c(c1)CN(C1([B])C(=O)N([B])C(=O)C([B])([B])C1([B])[B])C2=O)C(=O)C(F)(F)c1ccc(Cl)cc1. The van der Waals surface area contributed by atoms with Crippen molar-refractivity contribution in [1.29, 1.82) is 0 Å². The van der Waals surface area contributed by atoms with Crippen LogP contribution in [0.4, 0.5) is 8.78 Å². The van der Waals surface area contributed by atoms with Crippen LogP contribution in [0.25, 0.3) is 0 Å². The molecule has 0 N–H and O–H groups in total. The van der Waals surface area contributed by atoms with E-state index in [9.17, 15) is 28.0 Å². The molecule has 2 aliphatic rings. The van der Waals surface area contributed by atoms with Crippen LogP contribution in [0.3, 0.4) is 0 Å². The summed E-state index contributed by atoms with van der Waals surface area (Å²) in [5, 5.41) is -5.13. The lowest BCUT2D eigenvalue weighted by molar-refractivity contribution is -0.154. The van der Waals surface area contributed by atoms with Crippen molar-refractivity contribution in [3.05, 3.63) is 69.7 Å². The Hall–Kier alpha value is -2.88. The zero-order valence-corrected chi connectivity index (χ0v) is 20.9. The fourth-order valence-corrected chi connectivity index (χ4v) is 4.60.